The maximum atomic E-state index is 13.3. The van der Waals surface area contributed by atoms with Gasteiger partial charge in [-0.05, 0) is 62.8 Å². The lowest BCUT2D eigenvalue weighted by atomic mass is 9.98. The molecule has 2 aliphatic heterocycles. The van der Waals surface area contributed by atoms with Gasteiger partial charge >= 0.3 is 5.97 Å². The number of hydrogen-bond donors (Lipinski definition) is 0. The number of rotatable bonds is 5. The van der Waals surface area contributed by atoms with Crippen LogP contribution in [0.5, 0.6) is 0 Å². The molecule has 3 rings (SSSR count). The Morgan fingerprint density at radius 3 is 2.10 bits per heavy atom. The summed E-state index contributed by atoms with van der Waals surface area (Å²) in [5.41, 5.74) is 3.44. The predicted octanol–water partition coefficient (Wildman–Crippen LogP) is 1.72. The highest BCUT2D eigenvalue weighted by atomic mass is 32.2. The molecule has 0 unspecified atom stereocenters. The minimum Gasteiger partial charge on any atom is -0.455 e. The monoisotopic (exact) mass is 452 g/mol. The van der Waals surface area contributed by atoms with E-state index in [4.69, 9.17) is 9.47 Å². The second-order valence-electron chi connectivity index (χ2n) is 8.37. The summed E-state index contributed by atoms with van der Waals surface area (Å²) in [7, 11) is -3.65. The molecule has 0 atom stereocenters. The number of carbonyl (C=O) groups is 2. The Morgan fingerprint density at radius 1 is 1.00 bits per heavy atom. The topological polar surface area (TPSA) is 93.2 Å². The van der Waals surface area contributed by atoms with Crippen LogP contribution in [0.4, 0.5) is 0 Å². The summed E-state index contributed by atoms with van der Waals surface area (Å²) in [6.45, 7) is 9.73. The van der Waals surface area contributed by atoms with Gasteiger partial charge in [-0.15, -0.1) is 0 Å². The molecule has 31 heavy (non-hydrogen) atoms. The third-order valence-corrected chi connectivity index (χ3v) is 8.56. The van der Waals surface area contributed by atoms with Crippen molar-refractivity contribution in [3.63, 3.8) is 0 Å². The van der Waals surface area contributed by atoms with E-state index in [1.807, 2.05) is 33.8 Å². The minimum atomic E-state index is -3.65. The van der Waals surface area contributed by atoms with Crippen molar-refractivity contribution in [1.82, 2.24) is 9.21 Å². The van der Waals surface area contributed by atoms with Gasteiger partial charge in [0, 0.05) is 26.2 Å². The van der Waals surface area contributed by atoms with Crippen LogP contribution in [-0.2, 0) is 29.1 Å². The van der Waals surface area contributed by atoms with Crippen molar-refractivity contribution in [3.05, 3.63) is 28.3 Å². The highest BCUT2D eigenvalue weighted by Crippen LogP contribution is 2.31. The second kappa shape index (κ2) is 9.67. The summed E-state index contributed by atoms with van der Waals surface area (Å²) < 4.78 is 38.6. The van der Waals surface area contributed by atoms with Gasteiger partial charge in [0.2, 0.25) is 10.0 Å². The summed E-state index contributed by atoms with van der Waals surface area (Å²) in [5.74, 6) is -1.06. The van der Waals surface area contributed by atoms with Crippen LogP contribution in [0.25, 0.3) is 0 Å². The van der Waals surface area contributed by atoms with Crippen LogP contribution in [0.1, 0.15) is 35.1 Å². The van der Waals surface area contributed by atoms with Gasteiger partial charge in [-0.1, -0.05) is 6.07 Å². The molecule has 0 aliphatic carbocycles. The van der Waals surface area contributed by atoms with Crippen molar-refractivity contribution in [2.24, 2.45) is 5.92 Å². The highest BCUT2D eigenvalue weighted by molar-refractivity contribution is 7.89. The maximum absolute atomic E-state index is 13.3. The smallest absolute Gasteiger partial charge is 0.309 e. The number of benzene rings is 1. The standard InChI is InChI=1S/C22H32N2O6S/c1-15-13-16(2)18(4)21(17(15)3)31(27,28)24-7-5-19(6-8-24)22(26)30-14-20(25)23-9-11-29-12-10-23/h13,19H,5-12,14H2,1-4H3. The largest absolute Gasteiger partial charge is 0.455 e. The first-order valence-electron chi connectivity index (χ1n) is 10.7. The molecule has 0 aromatic heterocycles. The van der Waals surface area contributed by atoms with Crippen LogP contribution in [0.3, 0.4) is 0 Å². The van der Waals surface area contributed by atoms with Gasteiger partial charge < -0.3 is 14.4 Å². The fourth-order valence-corrected chi connectivity index (χ4v) is 6.23. The number of piperidine rings is 1. The Balaban J connectivity index is 1.59. The van der Waals surface area contributed by atoms with E-state index in [0.29, 0.717) is 44.0 Å². The lowest BCUT2D eigenvalue weighted by Crippen LogP contribution is -2.44. The molecule has 0 saturated carbocycles. The number of hydrogen-bond acceptors (Lipinski definition) is 6. The Bertz CT molecular complexity index is 919. The first kappa shape index (κ1) is 23.7. The van der Waals surface area contributed by atoms with Gasteiger partial charge in [-0.25, -0.2) is 8.42 Å². The first-order valence-corrected chi connectivity index (χ1v) is 12.2. The van der Waals surface area contributed by atoms with Crippen molar-refractivity contribution in [3.8, 4) is 0 Å². The van der Waals surface area contributed by atoms with E-state index in [0.717, 1.165) is 22.3 Å². The number of amides is 1. The summed E-state index contributed by atoms with van der Waals surface area (Å²) >= 11 is 0. The van der Waals surface area contributed by atoms with Crippen molar-refractivity contribution < 1.29 is 27.5 Å². The van der Waals surface area contributed by atoms with Crippen molar-refractivity contribution in [2.45, 2.75) is 45.4 Å². The van der Waals surface area contributed by atoms with Crippen LogP contribution in [0.2, 0.25) is 0 Å². The van der Waals surface area contributed by atoms with Gasteiger partial charge in [-0.2, -0.15) is 4.31 Å². The van der Waals surface area contributed by atoms with Crippen LogP contribution in [0.15, 0.2) is 11.0 Å². The van der Waals surface area contributed by atoms with E-state index in [9.17, 15) is 18.0 Å². The van der Waals surface area contributed by atoms with Gasteiger partial charge in [-0.3, -0.25) is 9.59 Å². The lowest BCUT2D eigenvalue weighted by Gasteiger charge is -2.31. The van der Waals surface area contributed by atoms with E-state index in [1.54, 1.807) is 4.90 Å². The second-order valence-corrected chi connectivity index (χ2v) is 10.2. The number of ether oxygens (including phenoxy) is 2. The number of nitrogens with zero attached hydrogens (tertiary/aromatic N) is 2. The Hall–Kier alpha value is -1.97. The Labute approximate surface area is 184 Å². The molecule has 8 nitrogen and oxygen atoms in total. The van der Waals surface area contributed by atoms with Gasteiger partial charge in [0.15, 0.2) is 6.61 Å². The third-order valence-electron chi connectivity index (χ3n) is 6.38. The normalized spacial score (nSPS) is 18.8. The molecular formula is C22H32N2O6S. The fourth-order valence-electron chi connectivity index (χ4n) is 4.18. The zero-order chi connectivity index (χ0) is 22.8. The van der Waals surface area contributed by atoms with E-state index >= 15 is 0 Å². The fraction of sp³-hybridized carbons (Fsp3) is 0.636. The van der Waals surface area contributed by atoms with Crippen LogP contribution in [-0.4, -0.2) is 75.5 Å². The molecule has 0 radical (unpaired) electrons. The van der Waals surface area contributed by atoms with Gasteiger partial charge in [0.25, 0.3) is 5.91 Å². The number of morpholine rings is 1. The summed E-state index contributed by atoms with van der Waals surface area (Å²) in [5, 5.41) is 0. The molecule has 0 bridgehead atoms. The average molecular weight is 453 g/mol. The summed E-state index contributed by atoms with van der Waals surface area (Å²) in [6.07, 6.45) is 0.763. The van der Waals surface area contributed by atoms with Crippen LogP contribution in [0, 0.1) is 33.6 Å². The average Bonchev–Trinajstić information content (AvgIpc) is 2.76. The molecule has 2 heterocycles. The Morgan fingerprint density at radius 2 is 1.55 bits per heavy atom. The zero-order valence-electron chi connectivity index (χ0n) is 18.8. The molecule has 1 aromatic carbocycles. The summed E-state index contributed by atoms with van der Waals surface area (Å²) in [6, 6.07) is 2.00. The lowest BCUT2D eigenvalue weighted by molar-refractivity contribution is -0.157. The zero-order valence-corrected chi connectivity index (χ0v) is 19.6. The van der Waals surface area contributed by atoms with Crippen LogP contribution < -0.4 is 0 Å². The molecular weight excluding hydrogens is 420 g/mol. The number of carbonyl (C=O) groups excluding carboxylic acids is 2. The van der Waals surface area contributed by atoms with Crippen molar-refractivity contribution in [1.29, 1.82) is 0 Å². The molecule has 9 heteroatoms. The molecule has 1 aromatic rings. The van der Waals surface area contributed by atoms with E-state index in [-0.39, 0.29) is 25.6 Å². The molecule has 172 valence electrons. The van der Waals surface area contributed by atoms with Crippen molar-refractivity contribution in [2.75, 3.05) is 46.0 Å². The van der Waals surface area contributed by atoms with E-state index in [2.05, 4.69) is 0 Å². The Kier molecular flexibility index (Phi) is 7.39. The number of aryl methyl sites for hydroxylation is 2. The van der Waals surface area contributed by atoms with E-state index in [1.165, 1.54) is 4.31 Å². The maximum Gasteiger partial charge on any atom is 0.309 e. The predicted molar refractivity (Wildman–Crippen MR) is 115 cm³/mol. The number of sulfonamides is 1. The molecule has 0 N–H and O–H groups in total. The minimum absolute atomic E-state index is 0.225. The highest BCUT2D eigenvalue weighted by Gasteiger charge is 2.35. The molecule has 1 amide bonds. The molecule has 2 aliphatic rings. The third kappa shape index (κ3) is 5.10. The number of esters is 1. The van der Waals surface area contributed by atoms with Gasteiger partial charge in [0.05, 0.1) is 24.0 Å². The molecule has 0 spiro atoms. The molecule has 2 saturated heterocycles. The van der Waals surface area contributed by atoms with Gasteiger partial charge in [0.1, 0.15) is 0 Å². The SMILES string of the molecule is Cc1cc(C)c(C)c(S(=O)(=O)N2CCC(C(=O)OCC(=O)N3CCOCC3)CC2)c1C. The van der Waals surface area contributed by atoms with E-state index < -0.39 is 21.9 Å². The quantitative estimate of drug-likeness (QED) is 0.632. The summed E-state index contributed by atoms with van der Waals surface area (Å²) in [4.78, 5) is 26.6. The first-order chi connectivity index (χ1) is 14.6. The van der Waals surface area contributed by atoms with Crippen LogP contribution >= 0.6 is 0 Å². The molecule has 2 fully saturated rings. The van der Waals surface area contributed by atoms with Crippen molar-refractivity contribution >= 4 is 21.9 Å².